The zero-order valence-corrected chi connectivity index (χ0v) is 29.7. The van der Waals surface area contributed by atoms with Crippen molar-refractivity contribution in [3.63, 3.8) is 0 Å². The summed E-state index contributed by atoms with van der Waals surface area (Å²) in [4.78, 5) is 28.9. The summed E-state index contributed by atoms with van der Waals surface area (Å²) in [7, 11) is 0. The SMILES string of the molecule is C[C@]1(C(=O)NC(=O)[C@@]2(C)CCC[C@]3(C)c4cc(O[C@@H]5O[C@H](CO)C(O)[C@H](O)[C@H]5O)ccc4CC[C@@H]23)CCC[C@]2(C)c3cc(O)ccc3CC[C@@H]12. The molecule has 10 nitrogen and oxygen atoms in total. The maximum Gasteiger partial charge on any atom is 0.232 e. The van der Waals surface area contributed by atoms with Gasteiger partial charge in [0.15, 0.2) is 0 Å². The lowest BCUT2D eigenvalue weighted by atomic mass is 9.49. The monoisotopic (exact) mass is 691 g/mol. The van der Waals surface area contributed by atoms with E-state index < -0.39 is 53.6 Å². The fourth-order valence-corrected chi connectivity index (χ4v) is 11.2. The lowest BCUT2D eigenvalue weighted by Gasteiger charge is -2.56. The first-order valence-corrected chi connectivity index (χ1v) is 18.4. The number of phenols is 1. The molecule has 5 aliphatic rings. The van der Waals surface area contributed by atoms with Crippen LogP contribution in [0.4, 0.5) is 0 Å². The third-order valence-corrected chi connectivity index (χ3v) is 14.0. The fourth-order valence-electron chi connectivity index (χ4n) is 11.2. The van der Waals surface area contributed by atoms with Gasteiger partial charge in [-0.1, -0.05) is 52.7 Å². The Morgan fingerprint density at radius 1 is 0.780 bits per heavy atom. The number of fused-ring (bicyclic) bond motifs is 6. The Kier molecular flexibility index (Phi) is 8.91. The van der Waals surface area contributed by atoms with Crippen molar-refractivity contribution in [1.82, 2.24) is 5.32 Å². The van der Waals surface area contributed by atoms with Crippen LogP contribution < -0.4 is 10.1 Å². The Balaban J connectivity index is 1.12. The molecule has 2 aromatic rings. The number of ether oxygens (including phenoxy) is 2. The van der Waals surface area contributed by atoms with E-state index in [4.69, 9.17) is 9.47 Å². The van der Waals surface area contributed by atoms with Crippen molar-refractivity contribution in [2.75, 3.05) is 6.61 Å². The van der Waals surface area contributed by atoms with E-state index in [0.717, 1.165) is 68.1 Å². The molecule has 1 heterocycles. The molecular formula is C40H53NO9. The number of amides is 2. The van der Waals surface area contributed by atoms with E-state index in [1.807, 2.05) is 38.1 Å². The molecule has 0 bridgehead atoms. The Labute approximate surface area is 294 Å². The number of carbonyl (C=O) groups is 2. The summed E-state index contributed by atoms with van der Waals surface area (Å²) >= 11 is 0. The molecular weight excluding hydrogens is 638 g/mol. The van der Waals surface area contributed by atoms with Crippen LogP contribution in [0.1, 0.15) is 101 Å². The van der Waals surface area contributed by atoms with Gasteiger partial charge in [0.25, 0.3) is 0 Å². The predicted molar refractivity (Wildman–Crippen MR) is 184 cm³/mol. The van der Waals surface area contributed by atoms with Crippen LogP contribution in [0.5, 0.6) is 11.5 Å². The van der Waals surface area contributed by atoms with Crippen molar-refractivity contribution in [1.29, 1.82) is 0 Å². The Bertz CT molecular complexity index is 1660. The summed E-state index contributed by atoms with van der Waals surface area (Å²) in [5.74, 6) is 0.254. The van der Waals surface area contributed by atoms with E-state index >= 15 is 0 Å². The molecule has 1 unspecified atom stereocenters. The lowest BCUT2D eigenvalue weighted by Crippen LogP contribution is -2.60. The minimum atomic E-state index is -1.54. The normalized spacial score (nSPS) is 40.8. The van der Waals surface area contributed by atoms with E-state index in [9.17, 15) is 35.1 Å². The molecule has 2 amide bonds. The minimum absolute atomic E-state index is 0.0407. The number of rotatable bonds is 5. The number of aliphatic hydroxyl groups excluding tert-OH is 4. The molecule has 4 aliphatic carbocycles. The van der Waals surface area contributed by atoms with E-state index in [1.165, 1.54) is 5.56 Å². The van der Waals surface area contributed by atoms with Crippen molar-refractivity contribution in [3.8, 4) is 11.5 Å². The van der Waals surface area contributed by atoms with E-state index in [1.54, 1.807) is 12.1 Å². The highest BCUT2D eigenvalue weighted by atomic mass is 16.7. The maximum atomic E-state index is 14.5. The molecule has 272 valence electrons. The summed E-state index contributed by atoms with van der Waals surface area (Å²) in [5, 5.41) is 54.0. The van der Waals surface area contributed by atoms with Crippen LogP contribution in [0.3, 0.4) is 0 Å². The van der Waals surface area contributed by atoms with Crippen molar-refractivity contribution >= 4 is 11.8 Å². The van der Waals surface area contributed by atoms with Crippen molar-refractivity contribution < 1.29 is 44.6 Å². The van der Waals surface area contributed by atoms with Gasteiger partial charge >= 0.3 is 0 Å². The second-order valence-corrected chi connectivity index (χ2v) is 16.8. The Hall–Kier alpha value is -3.02. The number of phenolic OH excluding ortho intramolecular Hbond substituents is 1. The van der Waals surface area contributed by atoms with Gasteiger partial charge in [0.1, 0.15) is 35.9 Å². The first-order chi connectivity index (χ1) is 23.7. The van der Waals surface area contributed by atoms with Gasteiger partial charge in [-0.2, -0.15) is 0 Å². The van der Waals surface area contributed by atoms with Gasteiger partial charge in [-0.15, -0.1) is 0 Å². The molecule has 7 rings (SSSR count). The number of hydrogen-bond acceptors (Lipinski definition) is 9. The number of aromatic hydroxyl groups is 1. The number of aryl methyl sites for hydroxylation is 2. The number of aliphatic hydroxyl groups is 4. The fraction of sp³-hybridized carbons (Fsp3) is 0.650. The summed E-state index contributed by atoms with van der Waals surface area (Å²) in [6.45, 7) is 7.93. The molecule has 50 heavy (non-hydrogen) atoms. The lowest BCUT2D eigenvalue weighted by molar-refractivity contribution is -0.277. The van der Waals surface area contributed by atoms with E-state index in [-0.39, 0.29) is 34.8 Å². The summed E-state index contributed by atoms with van der Waals surface area (Å²) in [6.07, 6.45) is 1.18. The van der Waals surface area contributed by atoms with Crippen LogP contribution in [-0.2, 0) is 38.0 Å². The van der Waals surface area contributed by atoms with Gasteiger partial charge in [0, 0.05) is 0 Å². The highest BCUT2D eigenvalue weighted by Gasteiger charge is 2.58. The van der Waals surface area contributed by atoms with Gasteiger partial charge < -0.3 is 35.0 Å². The largest absolute Gasteiger partial charge is 0.508 e. The average Bonchev–Trinajstić information content (AvgIpc) is 3.08. The van der Waals surface area contributed by atoms with Gasteiger partial charge in [-0.25, -0.2) is 0 Å². The van der Waals surface area contributed by atoms with Crippen LogP contribution in [0, 0.1) is 22.7 Å². The molecule has 11 atom stereocenters. The summed E-state index contributed by atoms with van der Waals surface area (Å²) < 4.78 is 11.6. The van der Waals surface area contributed by atoms with Crippen LogP contribution in [0.25, 0.3) is 0 Å². The Morgan fingerprint density at radius 3 is 1.88 bits per heavy atom. The van der Waals surface area contributed by atoms with Crippen LogP contribution in [-0.4, -0.2) is 74.7 Å². The molecule has 2 saturated carbocycles. The number of benzene rings is 2. The summed E-state index contributed by atoms with van der Waals surface area (Å²) in [6, 6.07) is 11.3. The molecule has 2 aromatic carbocycles. The number of nitrogens with one attached hydrogen (secondary N) is 1. The van der Waals surface area contributed by atoms with Crippen LogP contribution >= 0.6 is 0 Å². The molecule has 0 spiro atoms. The molecule has 1 saturated heterocycles. The van der Waals surface area contributed by atoms with Gasteiger partial charge in [0.2, 0.25) is 18.1 Å². The minimum Gasteiger partial charge on any atom is -0.508 e. The standard InChI is InChI=1S/C40H53NO9/c1-37-15-5-17-39(3,29(37)13-9-22-7-11-24(43)19-26(22)37)35(47)41-36(48)40(4)18-6-16-38(2)27-20-25(12-8-23(27)10-14-30(38)40)49-34-33(46)32(45)31(44)28(21-42)50-34/h7-8,11-12,19-20,28-34,42-46H,5-6,9-10,13-18,21H2,1-4H3,(H,41,47,48)/t28-,29-,30-,31?,32+,33-,34-,37-,38-,39+,40+/m1/s1. The zero-order valence-electron chi connectivity index (χ0n) is 29.7. The molecule has 6 N–H and O–H groups in total. The number of carbonyl (C=O) groups excluding carboxylic acids is 2. The zero-order chi connectivity index (χ0) is 35.8. The topological polar surface area (TPSA) is 166 Å². The third-order valence-electron chi connectivity index (χ3n) is 14.0. The van der Waals surface area contributed by atoms with Crippen molar-refractivity contribution in [3.05, 3.63) is 58.7 Å². The smallest absolute Gasteiger partial charge is 0.232 e. The highest BCUT2D eigenvalue weighted by molar-refractivity contribution is 6.00. The maximum absolute atomic E-state index is 14.5. The van der Waals surface area contributed by atoms with Crippen LogP contribution in [0.2, 0.25) is 0 Å². The Morgan fingerprint density at radius 2 is 1.32 bits per heavy atom. The quantitative estimate of drug-likeness (QED) is 0.255. The first kappa shape index (κ1) is 35.4. The molecule has 0 radical (unpaired) electrons. The molecule has 1 aliphatic heterocycles. The second kappa shape index (κ2) is 12.6. The van der Waals surface area contributed by atoms with Gasteiger partial charge in [-0.05, 0) is 121 Å². The number of hydrogen-bond donors (Lipinski definition) is 6. The third kappa shape index (κ3) is 5.40. The first-order valence-electron chi connectivity index (χ1n) is 18.4. The van der Waals surface area contributed by atoms with Crippen molar-refractivity contribution in [2.45, 2.75) is 133 Å². The molecule has 0 aromatic heterocycles. The van der Waals surface area contributed by atoms with E-state index in [0.29, 0.717) is 18.6 Å². The van der Waals surface area contributed by atoms with Crippen LogP contribution in [0.15, 0.2) is 36.4 Å². The summed E-state index contributed by atoms with van der Waals surface area (Å²) in [5.41, 5.74) is 2.40. The highest BCUT2D eigenvalue weighted by Crippen LogP contribution is 2.60. The van der Waals surface area contributed by atoms with E-state index in [2.05, 4.69) is 19.2 Å². The molecule has 3 fully saturated rings. The predicted octanol–water partition coefficient (Wildman–Crippen LogP) is 3.93. The van der Waals surface area contributed by atoms with Gasteiger partial charge in [0.05, 0.1) is 17.4 Å². The van der Waals surface area contributed by atoms with Crippen molar-refractivity contribution in [2.24, 2.45) is 22.7 Å². The average molecular weight is 692 g/mol. The second-order valence-electron chi connectivity index (χ2n) is 16.8. The molecule has 10 heteroatoms. The van der Waals surface area contributed by atoms with Gasteiger partial charge in [-0.3, -0.25) is 14.9 Å². The number of imide groups is 1.